The van der Waals surface area contributed by atoms with E-state index >= 15 is 0 Å². The Morgan fingerprint density at radius 2 is 2.05 bits per heavy atom. The third-order valence-electron chi connectivity index (χ3n) is 3.00. The smallest absolute Gasteiger partial charge is 0.255 e. The highest BCUT2D eigenvalue weighted by Crippen LogP contribution is 2.25. The minimum absolute atomic E-state index is 0.0575. The first-order valence-electron chi connectivity index (χ1n) is 6.59. The number of carbonyl (C=O) groups excluding carboxylic acids is 1. The van der Waals surface area contributed by atoms with Crippen molar-refractivity contribution in [3.63, 3.8) is 0 Å². The standard InChI is InChI=1S/C16H18N2O2/c1-2-4-11-7-8-15(19)14(9-11)18-16(20)12-5-3-6-13(17)10-12/h3,5-10,19H,2,4,17H2,1H3,(H,18,20). The molecule has 0 saturated carbocycles. The van der Waals surface area contributed by atoms with E-state index in [9.17, 15) is 9.90 Å². The maximum absolute atomic E-state index is 12.1. The van der Waals surface area contributed by atoms with E-state index in [4.69, 9.17) is 5.73 Å². The molecule has 0 unspecified atom stereocenters. The van der Waals surface area contributed by atoms with Gasteiger partial charge in [-0.2, -0.15) is 0 Å². The molecule has 0 aromatic heterocycles. The highest BCUT2D eigenvalue weighted by Gasteiger charge is 2.09. The van der Waals surface area contributed by atoms with Gasteiger partial charge in [0.2, 0.25) is 0 Å². The normalized spacial score (nSPS) is 10.2. The van der Waals surface area contributed by atoms with Crippen molar-refractivity contribution in [1.29, 1.82) is 0 Å². The van der Waals surface area contributed by atoms with Crippen molar-refractivity contribution in [2.45, 2.75) is 19.8 Å². The lowest BCUT2D eigenvalue weighted by atomic mass is 10.1. The van der Waals surface area contributed by atoms with E-state index in [1.807, 2.05) is 6.07 Å². The van der Waals surface area contributed by atoms with Gasteiger partial charge in [-0.25, -0.2) is 0 Å². The topological polar surface area (TPSA) is 75.3 Å². The number of amides is 1. The van der Waals surface area contributed by atoms with Crippen LogP contribution < -0.4 is 11.1 Å². The van der Waals surface area contributed by atoms with Gasteiger partial charge in [0.15, 0.2) is 0 Å². The molecular formula is C16H18N2O2. The van der Waals surface area contributed by atoms with E-state index in [1.54, 1.807) is 36.4 Å². The molecule has 0 spiro atoms. The number of anilines is 2. The second-order valence-corrected chi connectivity index (χ2v) is 4.68. The zero-order valence-corrected chi connectivity index (χ0v) is 11.4. The predicted molar refractivity (Wildman–Crippen MR) is 80.9 cm³/mol. The average molecular weight is 270 g/mol. The fraction of sp³-hybridized carbons (Fsp3) is 0.188. The second kappa shape index (κ2) is 6.10. The predicted octanol–water partition coefficient (Wildman–Crippen LogP) is 3.18. The largest absolute Gasteiger partial charge is 0.506 e. The van der Waals surface area contributed by atoms with Crippen LogP contribution in [0.2, 0.25) is 0 Å². The van der Waals surface area contributed by atoms with Gasteiger partial charge in [0, 0.05) is 11.3 Å². The number of carbonyl (C=O) groups is 1. The summed E-state index contributed by atoms with van der Waals surface area (Å²) in [6.45, 7) is 2.08. The van der Waals surface area contributed by atoms with E-state index in [0.717, 1.165) is 18.4 Å². The minimum Gasteiger partial charge on any atom is -0.506 e. The summed E-state index contributed by atoms with van der Waals surface area (Å²) < 4.78 is 0. The van der Waals surface area contributed by atoms with Gasteiger partial charge in [0.05, 0.1) is 5.69 Å². The van der Waals surface area contributed by atoms with Crippen LogP contribution in [0, 0.1) is 0 Å². The molecule has 0 bridgehead atoms. The summed E-state index contributed by atoms with van der Waals surface area (Å²) in [7, 11) is 0. The van der Waals surface area contributed by atoms with Crippen LogP contribution in [0.5, 0.6) is 5.75 Å². The Labute approximate surface area is 118 Å². The number of nitrogens with one attached hydrogen (secondary N) is 1. The molecule has 2 rings (SSSR count). The molecule has 4 nitrogen and oxygen atoms in total. The molecule has 0 heterocycles. The van der Waals surface area contributed by atoms with Crippen LogP contribution in [0.15, 0.2) is 42.5 Å². The Kier molecular flexibility index (Phi) is 4.25. The van der Waals surface area contributed by atoms with Crippen LogP contribution in [0.3, 0.4) is 0 Å². The van der Waals surface area contributed by atoms with Crippen LogP contribution in [-0.4, -0.2) is 11.0 Å². The molecule has 0 radical (unpaired) electrons. The van der Waals surface area contributed by atoms with Crippen molar-refractivity contribution < 1.29 is 9.90 Å². The Hall–Kier alpha value is -2.49. The first kappa shape index (κ1) is 13.9. The van der Waals surface area contributed by atoms with Crippen molar-refractivity contribution in [2.75, 3.05) is 11.1 Å². The zero-order chi connectivity index (χ0) is 14.5. The van der Waals surface area contributed by atoms with E-state index in [1.165, 1.54) is 0 Å². The Morgan fingerprint density at radius 3 is 2.75 bits per heavy atom. The van der Waals surface area contributed by atoms with Gasteiger partial charge in [-0.05, 0) is 42.3 Å². The highest BCUT2D eigenvalue weighted by atomic mass is 16.3. The van der Waals surface area contributed by atoms with Crippen LogP contribution >= 0.6 is 0 Å². The number of nitrogens with two attached hydrogens (primary N) is 1. The third-order valence-corrected chi connectivity index (χ3v) is 3.00. The summed E-state index contributed by atoms with van der Waals surface area (Å²) in [4.78, 5) is 12.1. The average Bonchev–Trinajstić information content (AvgIpc) is 2.43. The molecule has 20 heavy (non-hydrogen) atoms. The number of nitrogen functional groups attached to an aromatic ring is 1. The fourth-order valence-corrected chi connectivity index (χ4v) is 2.00. The molecular weight excluding hydrogens is 252 g/mol. The Balaban J connectivity index is 2.21. The monoisotopic (exact) mass is 270 g/mol. The molecule has 4 heteroatoms. The van der Waals surface area contributed by atoms with Gasteiger partial charge in [-0.1, -0.05) is 25.5 Å². The number of phenols is 1. The van der Waals surface area contributed by atoms with Gasteiger partial charge >= 0.3 is 0 Å². The van der Waals surface area contributed by atoms with Crippen molar-refractivity contribution in [1.82, 2.24) is 0 Å². The maximum Gasteiger partial charge on any atom is 0.255 e. The van der Waals surface area contributed by atoms with E-state index in [-0.39, 0.29) is 11.7 Å². The Morgan fingerprint density at radius 1 is 1.25 bits per heavy atom. The molecule has 4 N–H and O–H groups in total. The first-order chi connectivity index (χ1) is 9.60. The van der Waals surface area contributed by atoms with Crippen LogP contribution in [-0.2, 0) is 6.42 Å². The molecule has 0 aliphatic rings. The SMILES string of the molecule is CCCc1ccc(O)c(NC(=O)c2cccc(N)c2)c1. The number of aryl methyl sites for hydroxylation is 1. The molecule has 2 aromatic carbocycles. The van der Waals surface area contributed by atoms with Gasteiger partial charge < -0.3 is 16.2 Å². The summed E-state index contributed by atoms with van der Waals surface area (Å²) in [6, 6.07) is 12.0. The summed E-state index contributed by atoms with van der Waals surface area (Å²) in [6.07, 6.45) is 1.91. The molecule has 0 saturated heterocycles. The third kappa shape index (κ3) is 3.29. The molecule has 104 valence electrons. The summed E-state index contributed by atoms with van der Waals surface area (Å²) in [5, 5.41) is 12.5. The number of hydrogen-bond acceptors (Lipinski definition) is 3. The lowest BCUT2D eigenvalue weighted by Crippen LogP contribution is -2.12. The number of rotatable bonds is 4. The zero-order valence-electron chi connectivity index (χ0n) is 11.4. The quantitative estimate of drug-likeness (QED) is 0.590. The lowest BCUT2D eigenvalue weighted by Gasteiger charge is -2.09. The summed E-state index contributed by atoms with van der Waals surface area (Å²) >= 11 is 0. The van der Waals surface area contributed by atoms with Crippen LogP contribution in [0.25, 0.3) is 0 Å². The van der Waals surface area contributed by atoms with E-state index in [2.05, 4.69) is 12.2 Å². The number of hydrogen-bond donors (Lipinski definition) is 3. The number of aromatic hydroxyl groups is 1. The van der Waals surface area contributed by atoms with Gasteiger partial charge in [0.25, 0.3) is 5.91 Å². The van der Waals surface area contributed by atoms with Gasteiger partial charge in [-0.3, -0.25) is 4.79 Å². The number of benzene rings is 2. The molecule has 1 amide bonds. The minimum atomic E-state index is -0.291. The summed E-state index contributed by atoms with van der Waals surface area (Å²) in [5.74, 6) is -0.233. The van der Waals surface area contributed by atoms with Gasteiger partial charge in [0.1, 0.15) is 5.75 Å². The first-order valence-corrected chi connectivity index (χ1v) is 6.59. The lowest BCUT2D eigenvalue weighted by molar-refractivity contribution is 0.102. The summed E-state index contributed by atoms with van der Waals surface area (Å²) in [5.41, 5.74) is 8.14. The maximum atomic E-state index is 12.1. The second-order valence-electron chi connectivity index (χ2n) is 4.68. The fourth-order valence-electron chi connectivity index (χ4n) is 2.00. The molecule has 0 aliphatic heterocycles. The van der Waals surface area contributed by atoms with Crippen molar-refractivity contribution in [3.05, 3.63) is 53.6 Å². The molecule has 0 aliphatic carbocycles. The van der Waals surface area contributed by atoms with E-state index in [0.29, 0.717) is 16.9 Å². The van der Waals surface area contributed by atoms with Crippen molar-refractivity contribution in [2.24, 2.45) is 0 Å². The van der Waals surface area contributed by atoms with Crippen molar-refractivity contribution in [3.8, 4) is 5.75 Å². The van der Waals surface area contributed by atoms with Crippen molar-refractivity contribution >= 4 is 17.3 Å². The van der Waals surface area contributed by atoms with E-state index < -0.39 is 0 Å². The highest BCUT2D eigenvalue weighted by molar-refractivity contribution is 6.05. The molecule has 0 atom stereocenters. The number of phenolic OH excluding ortho intramolecular Hbond substituents is 1. The van der Waals surface area contributed by atoms with Gasteiger partial charge in [-0.15, -0.1) is 0 Å². The molecule has 2 aromatic rings. The van der Waals surface area contributed by atoms with Crippen LogP contribution in [0.1, 0.15) is 29.3 Å². The molecule has 0 fully saturated rings. The van der Waals surface area contributed by atoms with Crippen LogP contribution in [0.4, 0.5) is 11.4 Å². The Bertz CT molecular complexity index is 624.